The van der Waals surface area contributed by atoms with E-state index >= 15 is 0 Å². The molecule has 150 valence electrons. The monoisotopic (exact) mass is 446 g/mol. The Hall–Kier alpha value is -1.89. The quantitative estimate of drug-likeness (QED) is 0.670. The highest BCUT2D eigenvalue weighted by molar-refractivity contribution is 7.89. The van der Waals surface area contributed by atoms with Gasteiger partial charge in [0, 0.05) is 24.7 Å². The minimum atomic E-state index is -3.85. The third-order valence-electron chi connectivity index (χ3n) is 3.86. The van der Waals surface area contributed by atoms with Gasteiger partial charge >= 0.3 is 0 Å². The van der Waals surface area contributed by atoms with Gasteiger partial charge in [-0.25, -0.2) is 17.1 Å². The fraction of sp³-hybridized carbons (Fsp3) is 0.278. The van der Waals surface area contributed by atoms with E-state index in [9.17, 15) is 17.9 Å². The number of rotatable bonds is 8. The predicted molar refractivity (Wildman–Crippen MR) is 104 cm³/mol. The molecule has 2 aromatic carbocycles. The number of sulfonamides is 1. The second kappa shape index (κ2) is 9.54. The number of aliphatic hydroxyl groups excluding tert-OH is 1. The molecule has 0 aliphatic carbocycles. The smallest absolute Gasteiger partial charge is 0.244 e. The number of nitrogens with zero attached hydrogens (tertiary/aromatic N) is 2. The zero-order valence-corrected chi connectivity index (χ0v) is 17.1. The van der Waals surface area contributed by atoms with Crippen molar-refractivity contribution in [2.45, 2.75) is 17.4 Å². The van der Waals surface area contributed by atoms with Crippen molar-refractivity contribution in [2.24, 2.45) is 0 Å². The molecule has 28 heavy (non-hydrogen) atoms. The van der Waals surface area contributed by atoms with Crippen LogP contribution in [-0.4, -0.2) is 44.1 Å². The van der Waals surface area contributed by atoms with Gasteiger partial charge < -0.3 is 9.84 Å². The van der Waals surface area contributed by atoms with Gasteiger partial charge in [-0.05, 0) is 36.8 Å². The SMILES string of the molecule is CN(CCC(O)COc1ccc(C#N)c(F)c1)S(=O)(=O)c1ccc(Cl)cc1Cl. The molecule has 2 aromatic rings. The minimum Gasteiger partial charge on any atom is -0.491 e. The number of hydrogen-bond acceptors (Lipinski definition) is 5. The van der Waals surface area contributed by atoms with Gasteiger partial charge in [-0.3, -0.25) is 0 Å². The second-order valence-corrected chi connectivity index (χ2v) is 8.77. The van der Waals surface area contributed by atoms with E-state index in [0.717, 1.165) is 10.4 Å². The third-order valence-corrected chi connectivity index (χ3v) is 6.44. The molecule has 0 radical (unpaired) electrons. The lowest BCUT2D eigenvalue weighted by Gasteiger charge is -2.20. The van der Waals surface area contributed by atoms with Crippen LogP contribution >= 0.6 is 23.2 Å². The summed E-state index contributed by atoms with van der Waals surface area (Å²) in [6.45, 7) is -0.158. The second-order valence-electron chi connectivity index (χ2n) is 5.91. The van der Waals surface area contributed by atoms with Crippen molar-refractivity contribution in [1.82, 2.24) is 4.31 Å². The van der Waals surface area contributed by atoms with Crippen LogP contribution in [0.5, 0.6) is 5.75 Å². The van der Waals surface area contributed by atoms with Gasteiger partial charge in [-0.2, -0.15) is 5.26 Å². The number of ether oxygens (including phenoxy) is 1. The van der Waals surface area contributed by atoms with E-state index in [1.807, 2.05) is 0 Å². The molecule has 1 unspecified atom stereocenters. The summed E-state index contributed by atoms with van der Waals surface area (Å²) in [5.41, 5.74) is -0.111. The number of nitriles is 1. The Balaban J connectivity index is 1.92. The number of hydrogen-bond donors (Lipinski definition) is 1. The van der Waals surface area contributed by atoms with Crippen LogP contribution in [0, 0.1) is 17.1 Å². The van der Waals surface area contributed by atoms with Crippen LogP contribution < -0.4 is 4.74 Å². The number of aliphatic hydroxyl groups is 1. The van der Waals surface area contributed by atoms with E-state index in [-0.39, 0.29) is 40.8 Å². The Morgan fingerprint density at radius 3 is 2.61 bits per heavy atom. The van der Waals surface area contributed by atoms with Crippen LogP contribution in [-0.2, 0) is 10.0 Å². The molecule has 0 aliphatic rings. The van der Waals surface area contributed by atoms with E-state index < -0.39 is 21.9 Å². The average molecular weight is 447 g/mol. The van der Waals surface area contributed by atoms with Gasteiger partial charge in [0.05, 0.1) is 16.7 Å². The number of benzene rings is 2. The maximum absolute atomic E-state index is 13.5. The first-order valence-corrected chi connectivity index (χ1v) is 10.3. The van der Waals surface area contributed by atoms with Crippen molar-refractivity contribution < 1.29 is 22.7 Å². The largest absolute Gasteiger partial charge is 0.491 e. The van der Waals surface area contributed by atoms with Crippen LogP contribution in [0.2, 0.25) is 10.0 Å². The molecule has 0 amide bonds. The molecule has 0 aromatic heterocycles. The maximum Gasteiger partial charge on any atom is 0.244 e. The van der Waals surface area contributed by atoms with Crippen molar-refractivity contribution in [3.63, 3.8) is 0 Å². The van der Waals surface area contributed by atoms with Crippen molar-refractivity contribution in [3.8, 4) is 11.8 Å². The molecule has 0 aliphatic heterocycles. The lowest BCUT2D eigenvalue weighted by atomic mass is 10.2. The third kappa shape index (κ3) is 5.56. The van der Waals surface area contributed by atoms with E-state index in [0.29, 0.717) is 5.02 Å². The van der Waals surface area contributed by atoms with E-state index in [4.69, 9.17) is 33.2 Å². The zero-order valence-electron chi connectivity index (χ0n) is 14.8. The zero-order chi connectivity index (χ0) is 20.9. The standard InChI is InChI=1S/C18H17Cl2FN2O4S/c1-23(28(25,26)18-5-3-13(19)8-16(18)20)7-6-14(24)11-27-15-4-2-12(10-22)17(21)9-15/h2-5,8-9,14,24H,6-7,11H2,1H3. The molecule has 6 nitrogen and oxygen atoms in total. The summed E-state index contributed by atoms with van der Waals surface area (Å²) in [7, 11) is -2.49. The van der Waals surface area contributed by atoms with Crippen LogP contribution in [0.4, 0.5) is 4.39 Å². The van der Waals surface area contributed by atoms with Gasteiger partial charge in [0.15, 0.2) is 0 Å². The Morgan fingerprint density at radius 1 is 1.29 bits per heavy atom. The summed E-state index contributed by atoms with van der Waals surface area (Å²) >= 11 is 11.7. The molecular formula is C18H17Cl2FN2O4S. The van der Waals surface area contributed by atoms with E-state index in [1.165, 1.54) is 37.4 Å². The lowest BCUT2D eigenvalue weighted by molar-refractivity contribution is 0.0962. The molecule has 1 N–H and O–H groups in total. The normalized spacial score (nSPS) is 12.6. The van der Waals surface area contributed by atoms with Crippen LogP contribution in [0.1, 0.15) is 12.0 Å². The first-order chi connectivity index (χ1) is 13.1. The molecule has 0 heterocycles. The van der Waals surface area contributed by atoms with Gasteiger partial charge in [-0.15, -0.1) is 0 Å². The van der Waals surface area contributed by atoms with Crippen LogP contribution in [0.3, 0.4) is 0 Å². The first kappa shape index (κ1) is 22.4. The molecule has 10 heteroatoms. The van der Waals surface area contributed by atoms with Gasteiger partial charge in [-0.1, -0.05) is 23.2 Å². The Kier molecular flexibility index (Phi) is 7.63. The van der Waals surface area contributed by atoms with Gasteiger partial charge in [0.2, 0.25) is 10.0 Å². The molecular weight excluding hydrogens is 430 g/mol. The highest BCUT2D eigenvalue weighted by Crippen LogP contribution is 2.27. The van der Waals surface area contributed by atoms with Crippen molar-refractivity contribution in [2.75, 3.05) is 20.2 Å². The molecule has 2 rings (SSSR count). The lowest BCUT2D eigenvalue weighted by Crippen LogP contribution is -2.31. The highest BCUT2D eigenvalue weighted by Gasteiger charge is 2.24. The number of halogens is 3. The Bertz CT molecular complexity index is 996. The first-order valence-electron chi connectivity index (χ1n) is 8.07. The molecule has 0 spiro atoms. The average Bonchev–Trinajstić information content (AvgIpc) is 2.64. The maximum atomic E-state index is 13.5. The molecule has 0 saturated heterocycles. The molecule has 1 atom stereocenters. The summed E-state index contributed by atoms with van der Waals surface area (Å²) in [4.78, 5) is -0.0835. The predicted octanol–water partition coefficient (Wildman–Crippen LogP) is 3.45. The Morgan fingerprint density at radius 2 is 2.00 bits per heavy atom. The summed E-state index contributed by atoms with van der Waals surface area (Å²) < 4.78 is 45.0. The Labute approximate surface area is 172 Å². The molecule has 0 fully saturated rings. The summed E-state index contributed by atoms with van der Waals surface area (Å²) in [5, 5.41) is 19.0. The van der Waals surface area contributed by atoms with Crippen molar-refractivity contribution in [3.05, 3.63) is 57.8 Å². The van der Waals surface area contributed by atoms with E-state index in [2.05, 4.69) is 0 Å². The van der Waals surface area contributed by atoms with Gasteiger partial charge in [0.1, 0.15) is 29.1 Å². The summed E-state index contributed by atoms with van der Waals surface area (Å²) in [6.07, 6.45) is -0.906. The van der Waals surface area contributed by atoms with E-state index in [1.54, 1.807) is 6.07 Å². The summed E-state index contributed by atoms with van der Waals surface area (Å²) in [5.74, 6) is -0.565. The molecule has 0 saturated carbocycles. The van der Waals surface area contributed by atoms with Crippen LogP contribution in [0.15, 0.2) is 41.3 Å². The highest BCUT2D eigenvalue weighted by atomic mass is 35.5. The summed E-state index contributed by atoms with van der Waals surface area (Å²) in [6, 6.07) is 9.50. The molecule has 0 bridgehead atoms. The fourth-order valence-electron chi connectivity index (χ4n) is 2.26. The van der Waals surface area contributed by atoms with Gasteiger partial charge in [0.25, 0.3) is 0 Å². The topological polar surface area (TPSA) is 90.6 Å². The minimum absolute atomic E-state index is 0.00562. The van der Waals surface area contributed by atoms with Crippen molar-refractivity contribution in [1.29, 1.82) is 5.26 Å². The van der Waals surface area contributed by atoms with Crippen LogP contribution in [0.25, 0.3) is 0 Å². The van der Waals surface area contributed by atoms with Crippen molar-refractivity contribution >= 4 is 33.2 Å². The fourth-order valence-corrected chi connectivity index (χ4v) is 4.18.